The van der Waals surface area contributed by atoms with Crippen molar-refractivity contribution >= 4 is 39.5 Å². The Bertz CT molecular complexity index is 1910. The Kier molecular flexibility index (Phi) is 70.3. The van der Waals surface area contributed by atoms with Gasteiger partial charge in [0.1, 0.15) is 19.3 Å². The van der Waals surface area contributed by atoms with Gasteiger partial charge >= 0.3 is 39.5 Å². The third-order valence-electron chi connectivity index (χ3n) is 18.7. The van der Waals surface area contributed by atoms with Crippen LogP contribution in [0.4, 0.5) is 0 Å². The monoisotopic (exact) mass is 1450 g/mol. The summed E-state index contributed by atoms with van der Waals surface area (Å²) >= 11 is 0. The summed E-state index contributed by atoms with van der Waals surface area (Å²) in [7, 11) is -9.92. The molecule has 0 spiro atoms. The van der Waals surface area contributed by atoms with Crippen LogP contribution in [0.25, 0.3) is 0 Å². The molecule has 0 amide bonds. The summed E-state index contributed by atoms with van der Waals surface area (Å²) in [4.78, 5) is 72.9. The lowest BCUT2D eigenvalue weighted by molar-refractivity contribution is -0.161. The lowest BCUT2D eigenvalue weighted by atomic mass is 10.0. The van der Waals surface area contributed by atoms with Crippen molar-refractivity contribution in [2.45, 2.75) is 439 Å². The van der Waals surface area contributed by atoms with Gasteiger partial charge < -0.3 is 33.8 Å². The van der Waals surface area contributed by atoms with Crippen molar-refractivity contribution in [3.8, 4) is 0 Å². The van der Waals surface area contributed by atoms with E-state index in [1.54, 1.807) is 0 Å². The summed E-state index contributed by atoms with van der Waals surface area (Å²) < 4.78 is 68.7. The molecule has 0 aliphatic heterocycles. The van der Waals surface area contributed by atoms with Gasteiger partial charge in [-0.05, 0) is 37.5 Å². The molecule has 0 bridgehead atoms. The maximum Gasteiger partial charge on any atom is 0.472 e. The molecule has 0 rings (SSSR count). The molecule has 0 aliphatic rings. The molecule has 0 heterocycles. The van der Waals surface area contributed by atoms with Gasteiger partial charge in [-0.3, -0.25) is 37.3 Å². The van der Waals surface area contributed by atoms with E-state index in [-0.39, 0.29) is 25.7 Å². The fraction of sp³-hybridized carbons (Fsp3) is 0.950. The van der Waals surface area contributed by atoms with E-state index < -0.39 is 97.5 Å². The van der Waals surface area contributed by atoms with E-state index in [2.05, 4.69) is 41.5 Å². The van der Waals surface area contributed by atoms with Crippen molar-refractivity contribution in [1.29, 1.82) is 0 Å². The lowest BCUT2D eigenvalue weighted by Crippen LogP contribution is -2.30. The Morgan fingerprint density at radius 3 is 0.687 bits per heavy atom. The average Bonchev–Trinajstić information content (AvgIpc) is 2.83. The normalized spacial score (nSPS) is 13.9. The third-order valence-corrected chi connectivity index (χ3v) is 20.6. The number of phosphoric ester groups is 2. The highest BCUT2D eigenvalue weighted by atomic mass is 31.2. The number of carbonyl (C=O) groups excluding carboxylic acids is 4. The van der Waals surface area contributed by atoms with Crippen LogP contribution in [0.3, 0.4) is 0 Å². The van der Waals surface area contributed by atoms with Crippen molar-refractivity contribution in [3.05, 3.63) is 0 Å². The van der Waals surface area contributed by atoms with E-state index in [1.165, 1.54) is 238 Å². The molecule has 588 valence electrons. The summed E-state index contributed by atoms with van der Waals surface area (Å²) in [5.74, 6) is -0.523. The molecule has 0 radical (unpaired) electrons. The molecule has 19 heteroatoms. The highest BCUT2D eigenvalue weighted by Crippen LogP contribution is 2.45. The number of carbonyl (C=O) groups is 4. The summed E-state index contributed by atoms with van der Waals surface area (Å²) in [6.45, 7) is 9.66. The highest BCUT2D eigenvalue weighted by Gasteiger charge is 2.30. The summed E-state index contributed by atoms with van der Waals surface area (Å²) in [5, 5.41) is 10.6. The molecule has 0 aromatic rings. The molecular formula is C80H156O17P2. The molecule has 0 fully saturated rings. The van der Waals surface area contributed by atoms with Crippen molar-refractivity contribution in [2.75, 3.05) is 39.6 Å². The van der Waals surface area contributed by atoms with Gasteiger partial charge in [0.05, 0.1) is 26.4 Å². The number of esters is 4. The highest BCUT2D eigenvalue weighted by molar-refractivity contribution is 7.47. The van der Waals surface area contributed by atoms with Gasteiger partial charge in [-0.15, -0.1) is 0 Å². The molecule has 99 heavy (non-hydrogen) atoms. The molecule has 0 aromatic carbocycles. The number of aliphatic hydroxyl groups excluding tert-OH is 1. The fourth-order valence-corrected chi connectivity index (χ4v) is 13.9. The van der Waals surface area contributed by atoms with Gasteiger partial charge in [-0.25, -0.2) is 9.13 Å². The second-order valence-corrected chi connectivity index (χ2v) is 32.7. The van der Waals surface area contributed by atoms with Gasteiger partial charge in [0.25, 0.3) is 0 Å². The fourth-order valence-electron chi connectivity index (χ4n) is 12.4. The predicted molar refractivity (Wildman–Crippen MR) is 405 cm³/mol. The minimum atomic E-state index is -4.96. The first-order valence-corrected chi connectivity index (χ1v) is 44.5. The van der Waals surface area contributed by atoms with E-state index in [9.17, 15) is 43.2 Å². The van der Waals surface area contributed by atoms with E-state index in [4.69, 9.17) is 37.0 Å². The molecule has 0 aromatic heterocycles. The van der Waals surface area contributed by atoms with Crippen LogP contribution in [0.1, 0.15) is 420 Å². The van der Waals surface area contributed by atoms with E-state index in [1.807, 2.05) is 0 Å². The molecule has 0 saturated carbocycles. The molecule has 5 atom stereocenters. The second kappa shape index (κ2) is 71.7. The summed E-state index contributed by atoms with van der Waals surface area (Å²) in [5.41, 5.74) is 0. The SMILES string of the molecule is CCCCCCCCCCCCCCCCCCC(=O)OC[C@H](COP(=O)(O)OC[C@@H](O)COP(=O)(O)OC[C@@H](COC(=O)CCCCCCCCCCC)OC(=O)CCCCCCCCCCCCCCC(C)C)OC(=O)CCCCCCCCCCCCCCCCCCC(C)C. The van der Waals surface area contributed by atoms with Gasteiger partial charge in [0.2, 0.25) is 0 Å². The third kappa shape index (κ3) is 74.1. The summed E-state index contributed by atoms with van der Waals surface area (Å²) in [6, 6.07) is 0. The second-order valence-electron chi connectivity index (χ2n) is 29.8. The van der Waals surface area contributed by atoms with Crippen LogP contribution >= 0.6 is 15.6 Å². The van der Waals surface area contributed by atoms with Crippen molar-refractivity contribution in [3.63, 3.8) is 0 Å². The summed E-state index contributed by atoms with van der Waals surface area (Å²) in [6.07, 6.45) is 61.0. The van der Waals surface area contributed by atoms with E-state index >= 15 is 0 Å². The van der Waals surface area contributed by atoms with Crippen LogP contribution in [0.15, 0.2) is 0 Å². The maximum atomic E-state index is 13.1. The Morgan fingerprint density at radius 1 is 0.273 bits per heavy atom. The van der Waals surface area contributed by atoms with Gasteiger partial charge in [-0.2, -0.15) is 0 Å². The number of hydrogen-bond donors (Lipinski definition) is 3. The smallest absolute Gasteiger partial charge is 0.462 e. The van der Waals surface area contributed by atoms with Crippen LogP contribution < -0.4 is 0 Å². The molecule has 2 unspecified atom stereocenters. The van der Waals surface area contributed by atoms with Crippen LogP contribution in [0.5, 0.6) is 0 Å². The van der Waals surface area contributed by atoms with E-state index in [0.29, 0.717) is 25.7 Å². The van der Waals surface area contributed by atoms with Crippen molar-refractivity contribution in [2.24, 2.45) is 11.8 Å². The van der Waals surface area contributed by atoms with Gasteiger partial charge in [0.15, 0.2) is 12.2 Å². The average molecular weight is 1450 g/mol. The first kappa shape index (κ1) is 97.1. The Balaban J connectivity index is 5.22. The van der Waals surface area contributed by atoms with Crippen LogP contribution in [0, 0.1) is 11.8 Å². The first-order chi connectivity index (χ1) is 47.9. The predicted octanol–water partition coefficient (Wildman–Crippen LogP) is 23.9. The molecular weight excluding hydrogens is 1290 g/mol. The number of unbranched alkanes of at least 4 members (excludes halogenated alkanes) is 49. The molecule has 0 aliphatic carbocycles. The lowest BCUT2D eigenvalue weighted by Gasteiger charge is -2.21. The topological polar surface area (TPSA) is 237 Å². The molecule has 0 saturated heterocycles. The zero-order chi connectivity index (χ0) is 72.8. The Hall–Kier alpha value is -1.94. The van der Waals surface area contributed by atoms with E-state index in [0.717, 1.165) is 102 Å². The number of rotatable bonds is 79. The number of hydrogen-bond acceptors (Lipinski definition) is 15. The molecule has 17 nitrogen and oxygen atoms in total. The Morgan fingerprint density at radius 2 is 0.465 bits per heavy atom. The standard InChI is InChI=1S/C80H156O17P2/c1-7-9-11-13-15-17-18-19-20-24-27-33-39-45-51-57-63-78(83)91-69-76(97-79(84)64-58-52-46-40-34-28-25-22-21-23-26-31-37-42-48-54-60-72(3)4)71-95-99(88,89)93-67-74(81)66-92-98(86,87)94-70-75(68-90-77(82)62-56-50-44-36-16-14-12-10-8-2)96-80(85)65-59-53-47-41-35-30-29-32-38-43-49-55-61-73(5)6/h72-76,81H,7-71H2,1-6H3,(H,86,87)(H,88,89)/t74-,75+,76+/m0/s1. The first-order valence-electron chi connectivity index (χ1n) is 41.5. The van der Waals surface area contributed by atoms with Crippen molar-refractivity contribution in [1.82, 2.24) is 0 Å². The zero-order valence-electron chi connectivity index (χ0n) is 64.8. The largest absolute Gasteiger partial charge is 0.472 e. The number of ether oxygens (including phenoxy) is 4. The quantitative estimate of drug-likeness (QED) is 0.0222. The number of aliphatic hydroxyl groups is 1. The maximum absolute atomic E-state index is 13.1. The Labute approximate surface area is 607 Å². The van der Waals surface area contributed by atoms with Crippen LogP contribution in [0.2, 0.25) is 0 Å². The zero-order valence-corrected chi connectivity index (χ0v) is 66.6. The molecule has 3 N–H and O–H groups in total. The minimum absolute atomic E-state index is 0.107. The van der Waals surface area contributed by atoms with Crippen molar-refractivity contribution < 1.29 is 80.2 Å². The van der Waals surface area contributed by atoms with Gasteiger partial charge in [-0.1, -0.05) is 369 Å². The van der Waals surface area contributed by atoms with Crippen LogP contribution in [-0.4, -0.2) is 96.7 Å². The van der Waals surface area contributed by atoms with Gasteiger partial charge in [0, 0.05) is 25.7 Å². The minimum Gasteiger partial charge on any atom is -0.462 e. The van der Waals surface area contributed by atoms with Crippen LogP contribution in [-0.2, 0) is 65.4 Å². The number of phosphoric acid groups is 2.